The van der Waals surface area contributed by atoms with E-state index in [0.717, 1.165) is 7.11 Å². The Morgan fingerprint density at radius 3 is 1.00 bits per heavy atom. The molecule has 0 unspecified atom stereocenters. The molecule has 0 heterocycles. The van der Waals surface area contributed by atoms with Gasteiger partial charge in [0, 0.05) is 0 Å². The SMILES string of the molecule is C[O-].O=C([O-])[O-].[Na+].[Na+].[Na+]. The van der Waals surface area contributed by atoms with Crippen molar-refractivity contribution in [2.45, 2.75) is 0 Å². The average Bonchev–Trinajstić information content (AvgIpc) is 1.41. The minimum absolute atomic E-state index is 0. The molecule has 0 amide bonds. The summed E-state index contributed by atoms with van der Waals surface area (Å²) in [4.78, 5) is 8.33. The molecule has 9 heavy (non-hydrogen) atoms. The monoisotopic (exact) mass is 160 g/mol. The molecule has 0 radical (unpaired) electrons. The van der Waals surface area contributed by atoms with Crippen LogP contribution >= 0.6 is 0 Å². The van der Waals surface area contributed by atoms with E-state index in [4.69, 9.17) is 20.1 Å². The van der Waals surface area contributed by atoms with Crippen LogP contribution in [0.15, 0.2) is 0 Å². The third-order valence-electron chi connectivity index (χ3n) is 0. The van der Waals surface area contributed by atoms with Crippen LogP contribution in [-0.2, 0) is 0 Å². The second-order valence-electron chi connectivity index (χ2n) is 0.250. The number of carbonyl (C=O) groups excluding carboxylic acids is 1. The molecule has 7 heteroatoms. The van der Waals surface area contributed by atoms with Gasteiger partial charge in [0.1, 0.15) is 0 Å². The quantitative estimate of drug-likeness (QED) is 0.329. The van der Waals surface area contributed by atoms with Gasteiger partial charge in [0.25, 0.3) is 0 Å². The van der Waals surface area contributed by atoms with E-state index in [1.807, 2.05) is 0 Å². The Morgan fingerprint density at radius 1 is 1.00 bits per heavy atom. The molecule has 0 aliphatic rings. The van der Waals surface area contributed by atoms with Crippen LogP contribution in [0.4, 0.5) is 4.79 Å². The normalized spacial score (nSPS) is 3.33. The third kappa shape index (κ3) is 139. The molecule has 38 valence electrons. The maximum absolute atomic E-state index is 8.33. The molecule has 0 N–H and O–H groups in total. The van der Waals surface area contributed by atoms with E-state index in [1.54, 1.807) is 0 Å². The van der Waals surface area contributed by atoms with Crippen molar-refractivity contribution < 1.29 is 109 Å². The second kappa shape index (κ2) is 31.9. The van der Waals surface area contributed by atoms with Gasteiger partial charge in [-0.2, -0.15) is 7.11 Å². The molecule has 0 bridgehead atoms. The second-order valence-corrected chi connectivity index (χ2v) is 0.250. The summed E-state index contributed by atoms with van der Waals surface area (Å²) < 4.78 is 0. The predicted octanol–water partition coefficient (Wildman–Crippen LogP) is -12.5. The standard InChI is InChI=1S/CH2O3.CH3O.3Na/c2-1(3)4;1-2;;;/h(H2,2,3,4);1H3;;;/q;-1;3*+1/p-2. The zero-order valence-corrected chi connectivity index (χ0v) is 12.1. The first-order valence-electron chi connectivity index (χ1n) is 1.02. The smallest absolute Gasteiger partial charge is 0.857 e. The number of rotatable bonds is 0. The molecule has 0 rings (SSSR count). The molecule has 4 nitrogen and oxygen atoms in total. The molecule has 0 saturated carbocycles. The fourth-order valence-electron chi connectivity index (χ4n) is 0. The van der Waals surface area contributed by atoms with Crippen LogP contribution in [0.3, 0.4) is 0 Å². The summed E-state index contributed by atoms with van der Waals surface area (Å²) in [5.74, 6) is 0. The van der Waals surface area contributed by atoms with E-state index in [2.05, 4.69) is 0 Å². The summed E-state index contributed by atoms with van der Waals surface area (Å²) in [6, 6.07) is 0. The van der Waals surface area contributed by atoms with Crippen LogP contribution in [0.5, 0.6) is 0 Å². The Bertz CT molecular complexity index is 36.8. The van der Waals surface area contributed by atoms with Crippen LogP contribution < -0.4 is 104 Å². The summed E-state index contributed by atoms with van der Waals surface area (Å²) in [5.41, 5.74) is 0. The van der Waals surface area contributed by atoms with Crippen LogP contribution in [-0.4, -0.2) is 13.3 Å². The Hall–Kier alpha value is 2.23. The maximum Gasteiger partial charge on any atom is 1.00 e. The molecule has 0 spiro atoms. The van der Waals surface area contributed by atoms with E-state index in [9.17, 15) is 0 Å². The van der Waals surface area contributed by atoms with Crippen molar-refractivity contribution in [3.05, 3.63) is 0 Å². The Kier molecular flexibility index (Phi) is 107. The fourth-order valence-corrected chi connectivity index (χ4v) is 0. The molecule has 0 aromatic heterocycles. The Morgan fingerprint density at radius 2 is 1.00 bits per heavy atom. The first kappa shape index (κ1) is 30.3. The minimum Gasteiger partial charge on any atom is -0.857 e. The van der Waals surface area contributed by atoms with E-state index in [-0.39, 0.29) is 88.7 Å². The van der Waals surface area contributed by atoms with Crippen LogP contribution in [0.25, 0.3) is 0 Å². The molecule has 0 saturated heterocycles. The van der Waals surface area contributed by atoms with E-state index in [1.165, 1.54) is 0 Å². The Labute approximate surface area is 120 Å². The summed E-state index contributed by atoms with van der Waals surface area (Å²) in [6.07, 6.45) is -2.33. The van der Waals surface area contributed by atoms with Crippen LogP contribution in [0.2, 0.25) is 0 Å². The fraction of sp³-hybridized carbons (Fsp3) is 0.500. The molecular weight excluding hydrogens is 157 g/mol. The van der Waals surface area contributed by atoms with Crippen molar-refractivity contribution in [1.29, 1.82) is 0 Å². The summed E-state index contributed by atoms with van der Waals surface area (Å²) >= 11 is 0. The molecule has 0 fully saturated rings. The maximum atomic E-state index is 8.33. The van der Waals surface area contributed by atoms with Crippen molar-refractivity contribution in [2.75, 3.05) is 7.11 Å². The molecule has 0 aliphatic carbocycles. The topological polar surface area (TPSA) is 86.2 Å². The van der Waals surface area contributed by atoms with Crippen molar-refractivity contribution in [2.24, 2.45) is 0 Å². The average molecular weight is 160 g/mol. The van der Waals surface area contributed by atoms with E-state index in [0.29, 0.717) is 0 Å². The van der Waals surface area contributed by atoms with Gasteiger partial charge in [-0.25, -0.2) is 0 Å². The predicted molar refractivity (Wildman–Crippen MR) is 11.3 cm³/mol. The van der Waals surface area contributed by atoms with Gasteiger partial charge >= 0.3 is 88.7 Å². The van der Waals surface area contributed by atoms with Gasteiger partial charge in [0.05, 0.1) is 0 Å². The number of hydrogen-bond donors (Lipinski definition) is 0. The first-order chi connectivity index (χ1) is 2.73. The van der Waals surface area contributed by atoms with E-state index < -0.39 is 6.16 Å². The molecule has 0 aromatic rings. The zero-order valence-electron chi connectivity index (χ0n) is 6.13. The summed E-state index contributed by atoms with van der Waals surface area (Å²) in [6.45, 7) is 0. The first-order valence-corrected chi connectivity index (χ1v) is 1.02. The molecule has 0 aromatic carbocycles. The number of carbonyl (C=O) groups is 1. The van der Waals surface area contributed by atoms with Gasteiger partial charge in [-0.1, -0.05) is 0 Å². The van der Waals surface area contributed by atoms with Gasteiger partial charge in [0.15, 0.2) is 0 Å². The summed E-state index contributed by atoms with van der Waals surface area (Å²) in [5, 5.41) is 24.9. The van der Waals surface area contributed by atoms with Crippen molar-refractivity contribution in [3.63, 3.8) is 0 Å². The minimum atomic E-state index is -2.33. The number of hydrogen-bond acceptors (Lipinski definition) is 4. The van der Waals surface area contributed by atoms with Crippen molar-refractivity contribution in [3.8, 4) is 0 Å². The molecule has 0 atom stereocenters. The molecular formula is C2H3Na3O4. The largest absolute Gasteiger partial charge is 1.00 e. The van der Waals surface area contributed by atoms with Gasteiger partial charge < -0.3 is 20.1 Å². The van der Waals surface area contributed by atoms with Gasteiger partial charge in [-0.3, -0.25) is 0 Å². The van der Waals surface area contributed by atoms with Crippen LogP contribution in [0.1, 0.15) is 0 Å². The summed E-state index contributed by atoms with van der Waals surface area (Å²) in [7, 11) is 0.750. The van der Waals surface area contributed by atoms with Crippen LogP contribution in [0, 0.1) is 0 Å². The zero-order chi connectivity index (χ0) is 5.58. The Balaban J connectivity index is -0.00000000990. The van der Waals surface area contributed by atoms with Crippen molar-refractivity contribution in [1.82, 2.24) is 0 Å². The molecule has 0 aliphatic heterocycles. The van der Waals surface area contributed by atoms with Crippen molar-refractivity contribution >= 4 is 6.16 Å². The third-order valence-corrected chi connectivity index (χ3v) is 0. The van der Waals surface area contributed by atoms with Gasteiger partial charge in [-0.05, 0) is 6.16 Å². The van der Waals surface area contributed by atoms with Gasteiger partial charge in [-0.15, -0.1) is 0 Å². The van der Waals surface area contributed by atoms with Gasteiger partial charge in [0.2, 0.25) is 0 Å². The van der Waals surface area contributed by atoms with E-state index >= 15 is 0 Å². The number of carboxylic acid groups (broad SMARTS) is 2.